The number of thiophene rings is 1. The summed E-state index contributed by atoms with van der Waals surface area (Å²) in [4.78, 5) is 13.3. The second-order valence-electron chi connectivity index (χ2n) is 4.01. The van der Waals surface area contributed by atoms with Crippen molar-refractivity contribution < 1.29 is 4.74 Å². The SMILES string of the molecule is CC(C)Oc1nc(N)nc(NCc2sccc2Br)n1. The number of nitrogens with two attached hydrogens (primary N) is 1. The Morgan fingerprint density at radius 2 is 2.21 bits per heavy atom. The molecule has 0 spiro atoms. The number of halogens is 1. The molecule has 102 valence electrons. The van der Waals surface area contributed by atoms with Gasteiger partial charge in [0, 0.05) is 9.35 Å². The fourth-order valence-electron chi connectivity index (χ4n) is 1.33. The van der Waals surface area contributed by atoms with E-state index in [0.29, 0.717) is 12.5 Å². The summed E-state index contributed by atoms with van der Waals surface area (Å²) < 4.78 is 6.47. The van der Waals surface area contributed by atoms with Gasteiger partial charge in [0.1, 0.15) is 0 Å². The Kier molecular flexibility index (Phi) is 4.54. The normalized spacial score (nSPS) is 10.7. The highest BCUT2D eigenvalue weighted by Crippen LogP contribution is 2.23. The molecule has 0 aliphatic carbocycles. The van der Waals surface area contributed by atoms with Gasteiger partial charge in [0.05, 0.1) is 12.6 Å². The number of aromatic nitrogens is 3. The highest BCUT2D eigenvalue weighted by molar-refractivity contribution is 9.10. The number of nitrogen functional groups attached to an aromatic ring is 1. The molecule has 2 aromatic heterocycles. The summed E-state index contributed by atoms with van der Waals surface area (Å²) in [6.07, 6.45) is -0.0129. The van der Waals surface area contributed by atoms with Gasteiger partial charge >= 0.3 is 6.01 Å². The molecule has 6 nitrogen and oxygen atoms in total. The van der Waals surface area contributed by atoms with Crippen LogP contribution < -0.4 is 15.8 Å². The molecule has 8 heteroatoms. The van der Waals surface area contributed by atoms with Crippen molar-refractivity contribution in [2.75, 3.05) is 11.1 Å². The second kappa shape index (κ2) is 6.16. The average Bonchev–Trinajstić information content (AvgIpc) is 2.70. The Balaban J connectivity index is 2.07. The van der Waals surface area contributed by atoms with Crippen molar-refractivity contribution in [3.8, 4) is 6.01 Å². The third kappa shape index (κ3) is 4.03. The van der Waals surface area contributed by atoms with E-state index in [1.807, 2.05) is 25.3 Å². The van der Waals surface area contributed by atoms with Crippen LogP contribution in [-0.4, -0.2) is 21.1 Å². The lowest BCUT2D eigenvalue weighted by Gasteiger charge is -2.09. The molecule has 0 unspecified atom stereocenters. The van der Waals surface area contributed by atoms with E-state index in [9.17, 15) is 0 Å². The molecule has 0 saturated heterocycles. The van der Waals surface area contributed by atoms with Crippen LogP contribution in [-0.2, 0) is 6.54 Å². The molecule has 0 amide bonds. The summed E-state index contributed by atoms with van der Waals surface area (Å²) in [5, 5.41) is 5.11. The maximum atomic E-state index is 5.63. The zero-order valence-electron chi connectivity index (χ0n) is 10.6. The molecule has 2 rings (SSSR count). The van der Waals surface area contributed by atoms with Gasteiger partial charge in [-0.25, -0.2) is 0 Å². The van der Waals surface area contributed by atoms with Crippen LogP contribution in [0.2, 0.25) is 0 Å². The van der Waals surface area contributed by atoms with E-state index in [-0.39, 0.29) is 18.1 Å². The number of anilines is 2. The summed E-state index contributed by atoms with van der Waals surface area (Å²) >= 11 is 5.11. The molecule has 0 saturated carbocycles. The molecule has 0 fully saturated rings. The molecule has 0 aliphatic heterocycles. The summed E-state index contributed by atoms with van der Waals surface area (Å²) in [6, 6.07) is 2.23. The number of nitrogens with zero attached hydrogens (tertiary/aromatic N) is 3. The van der Waals surface area contributed by atoms with Gasteiger partial charge in [-0.05, 0) is 41.2 Å². The number of ether oxygens (including phenoxy) is 1. The molecule has 2 aromatic rings. The minimum absolute atomic E-state index is 0.0129. The fourth-order valence-corrected chi connectivity index (χ4v) is 2.76. The topological polar surface area (TPSA) is 86.0 Å². The first kappa shape index (κ1) is 14.0. The van der Waals surface area contributed by atoms with Gasteiger partial charge < -0.3 is 15.8 Å². The van der Waals surface area contributed by atoms with E-state index in [1.54, 1.807) is 11.3 Å². The van der Waals surface area contributed by atoms with Gasteiger partial charge in [-0.2, -0.15) is 15.0 Å². The lowest BCUT2D eigenvalue weighted by atomic mass is 10.5. The van der Waals surface area contributed by atoms with Crippen LogP contribution >= 0.6 is 27.3 Å². The Hall–Kier alpha value is -1.41. The van der Waals surface area contributed by atoms with Gasteiger partial charge in [0.25, 0.3) is 0 Å². The van der Waals surface area contributed by atoms with Crippen LogP contribution in [0.15, 0.2) is 15.9 Å². The zero-order valence-corrected chi connectivity index (χ0v) is 13.0. The van der Waals surface area contributed by atoms with E-state index in [0.717, 1.165) is 9.35 Å². The van der Waals surface area contributed by atoms with Crippen molar-refractivity contribution in [1.29, 1.82) is 0 Å². The molecule has 0 radical (unpaired) electrons. The van der Waals surface area contributed by atoms with Gasteiger partial charge in [-0.3, -0.25) is 0 Å². The highest BCUT2D eigenvalue weighted by atomic mass is 79.9. The Morgan fingerprint density at radius 1 is 1.42 bits per heavy atom. The van der Waals surface area contributed by atoms with Crippen LogP contribution in [0.3, 0.4) is 0 Å². The van der Waals surface area contributed by atoms with Crippen molar-refractivity contribution in [3.63, 3.8) is 0 Å². The number of rotatable bonds is 5. The smallest absolute Gasteiger partial charge is 0.323 e. The van der Waals surface area contributed by atoms with E-state index < -0.39 is 0 Å². The summed E-state index contributed by atoms with van der Waals surface area (Å²) in [6.45, 7) is 4.41. The minimum Gasteiger partial charge on any atom is -0.461 e. The zero-order chi connectivity index (χ0) is 13.8. The second-order valence-corrected chi connectivity index (χ2v) is 5.87. The van der Waals surface area contributed by atoms with Gasteiger partial charge in [-0.1, -0.05) is 0 Å². The molecule has 19 heavy (non-hydrogen) atoms. The van der Waals surface area contributed by atoms with Crippen LogP contribution in [0.1, 0.15) is 18.7 Å². The third-order valence-electron chi connectivity index (χ3n) is 2.07. The van der Waals surface area contributed by atoms with Crippen molar-refractivity contribution in [2.45, 2.75) is 26.5 Å². The largest absolute Gasteiger partial charge is 0.461 e. The molecule has 3 N–H and O–H groups in total. The first-order valence-corrected chi connectivity index (χ1v) is 7.36. The lowest BCUT2D eigenvalue weighted by Crippen LogP contribution is -2.12. The summed E-state index contributed by atoms with van der Waals surface area (Å²) in [5.74, 6) is 0.543. The molecular formula is C11H14BrN5OS. The fraction of sp³-hybridized carbons (Fsp3) is 0.364. The molecule has 0 aliphatic rings. The highest BCUT2D eigenvalue weighted by Gasteiger charge is 2.08. The molecule has 0 bridgehead atoms. The van der Waals surface area contributed by atoms with E-state index in [4.69, 9.17) is 10.5 Å². The Bertz CT molecular complexity index is 560. The van der Waals surface area contributed by atoms with Crippen LogP contribution in [0, 0.1) is 0 Å². The van der Waals surface area contributed by atoms with Gasteiger partial charge in [0.2, 0.25) is 11.9 Å². The van der Waals surface area contributed by atoms with Crippen molar-refractivity contribution in [1.82, 2.24) is 15.0 Å². The summed E-state index contributed by atoms with van der Waals surface area (Å²) in [5.41, 5.74) is 5.63. The number of hydrogen-bond acceptors (Lipinski definition) is 7. The first-order valence-electron chi connectivity index (χ1n) is 5.68. The molecule has 0 aromatic carbocycles. The monoisotopic (exact) mass is 343 g/mol. The number of hydrogen-bond donors (Lipinski definition) is 2. The third-order valence-corrected chi connectivity index (χ3v) is 4.00. The summed E-state index contributed by atoms with van der Waals surface area (Å²) in [7, 11) is 0. The van der Waals surface area contributed by atoms with Crippen molar-refractivity contribution in [3.05, 3.63) is 20.8 Å². The van der Waals surface area contributed by atoms with Crippen LogP contribution in [0.4, 0.5) is 11.9 Å². The predicted octanol–water partition coefficient (Wildman–Crippen LogP) is 2.68. The lowest BCUT2D eigenvalue weighted by molar-refractivity contribution is 0.222. The average molecular weight is 344 g/mol. The quantitative estimate of drug-likeness (QED) is 0.867. The first-order chi connectivity index (χ1) is 9.04. The van der Waals surface area contributed by atoms with Crippen molar-refractivity contribution in [2.24, 2.45) is 0 Å². The van der Waals surface area contributed by atoms with Crippen molar-refractivity contribution >= 4 is 39.2 Å². The van der Waals surface area contributed by atoms with Crippen LogP contribution in [0.25, 0.3) is 0 Å². The molecule has 2 heterocycles. The minimum atomic E-state index is -0.0129. The molecular weight excluding hydrogens is 330 g/mol. The van der Waals surface area contributed by atoms with E-state index in [1.165, 1.54) is 0 Å². The Labute approximate surface area is 123 Å². The van der Waals surface area contributed by atoms with E-state index in [2.05, 4.69) is 36.2 Å². The maximum Gasteiger partial charge on any atom is 0.323 e. The Morgan fingerprint density at radius 3 is 2.84 bits per heavy atom. The van der Waals surface area contributed by atoms with Gasteiger partial charge in [0.15, 0.2) is 0 Å². The molecule has 0 atom stereocenters. The van der Waals surface area contributed by atoms with Crippen LogP contribution in [0.5, 0.6) is 6.01 Å². The maximum absolute atomic E-state index is 5.63. The number of nitrogens with one attached hydrogen (secondary N) is 1. The predicted molar refractivity (Wildman–Crippen MR) is 79.3 cm³/mol. The standard InChI is InChI=1S/C11H14BrN5OS/c1-6(2)18-11-16-9(13)15-10(17-11)14-5-8-7(12)3-4-19-8/h3-4,6H,5H2,1-2H3,(H3,13,14,15,16,17). The van der Waals surface area contributed by atoms with Gasteiger partial charge in [-0.15, -0.1) is 11.3 Å². The van der Waals surface area contributed by atoms with E-state index >= 15 is 0 Å².